The number of rotatable bonds is 6. The van der Waals surface area contributed by atoms with Crippen molar-refractivity contribution in [3.8, 4) is 0 Å². The fourth-order valence-corrected chi connectivity index (χ4v) is 3.85. The molecule has 0 aliphatic heterocycles. The Kier molecular flexibility index (Phi) is 6.77. The van der Waals surface area contributed by atoms with Crippen LogP contribution in [0.25, 0.3) is 0 Å². The van der Waals surface area contributed by atoms with Crippen LogP contribution >= 0.6 is 0 Å². The zero-order valence-electron chi connectivity index (χ0n) is 16.5. The first-order chi connectivity index (χ1) is 13.3. The lowest BCUT2D eigenvalue weighted by atomic mass is 9.82. The summed E-state index contributed by atoms with van der Waals surface area (Å²) in [7, 11) is 0. The summed E-state index contributed by atoms with van der Waals surface area (Å²) in [6.45, 7) is 3.87. The van der Waals surface area contributed by atoms with Gasteiger partial charge in [0.05, 0.1) is 0 Å². The zero-order valence-corrected chi connectivity index (χ0v) is 16.5. The van der Waals surface area contributed by atoms with Crippen molar-refractivity contribution in [2.45, 2.75) is 69.7 Å². The van der Waals surface area contributed by atoms with Crippen molar-refractivity contribution in [1.82, 2.24) is 4.90 Å². The quantitative estimate of drug-likeness (QED) is 0.493. The normalized spacial score (nSPS) is 18.2. The first-order valence-corrected chi connectivity index (χ1v) is 9.52. The molecule has 8 heteroatoms. The van der Waals surface area contributed by atoms with Crippen molar-refractivity contribution in [3.05, 3.63) is 47.5 Å². The van der Waals surface area contributed by atoms with Gasteiger partial charge >= 0.3 is 6.18 Å². The molecule has 29 heavy (non-hydrogen) atoms. The third-order valence-electron chi connectivity index (χ3n) is 5.43. The highest BCUT2D eigenvalue weighted by atomic mass is 19.4. The molecule has 1 saturated carbocycles. The van der Waals surface area contributed by atoms with E-state index < -0.39 is 36.2 Å². The molecule has 3 nitrogen and oxygen atoms in total. The minimum atomic E-state index is -4.54. The summed E-state index contributed by atoms with van der Waals surface area (Å²) in [5.41, 5.74) is -3.07. The van der Waals surface area contributed by atoms with Crippen molar-refractivity contribution in [1.29, 1.82) is 0 Å². The molecular formula is C21H26F5NO2. The maximum absolute atomic E-state index is 14.0. The van der Waals surface area contributed by atoms with Gasteiger partial charge in [0.15, 0.2) is 5.60 Å². The number of halogens is 5. The van der Waals surface area contributed by atoms with Crippen LogP contribution in [0.1, 0.15) is 61.9 Å². The number of benzene rings is 1. The predicted molar refractivity (Wildman–Crippen MR) is 99.7 cm³/mol. The van der Waals surface area contributed by atoms with Gasteiger partial charge in [0.2, 0.25) is 0 Å². The molecule has 1 aliphatic rings. The topological polar surface area (TPSA) is 40.5 Å². The summed E-state index contributed by atoms with van der Waals surface area (Å²) in [6, 6.07) is 4.09. The zero-order chi connectivity index (χ0) is 22.0. The number of hydrogen-bond acceptors (Lipinski definition) is 2. The van der Waals surface area contributed by atoms with Crippen LogP contribution in [0.15, 0.2) is 36.4 Å². The third-order valence-corrected chi connectivity index (χ3v) is 5.43. The van der Waals surface area contributed by atoms with Gasteiger partial charge in [-0.15, -0.1) is 0 Å². The number of hydrogen-bond donors (Lipinski definition) is 1. The molecule has 0 bridgehead atoms. The van der Waals surface area contributed by atoms with Crippen molar-refractivity contribution >= 4 is 5.91 Å². The van der Waals surface area contributed by atoms with E-state index in [4.69, 9.17) is 0 Å². The van der Waals surface area contributed by atoms with Crippen LogP contribution in [0.4, 0.5) is 22.0 Å². The molecule has 0 aromatic heterocycles. The first-order valence-electron chi connectivity index (χ1n) is 9.52. The van der Waals surface area contributed by atoms with E-state index in [0.717, 1.165) is 36.3 Å². The average molecular weight is 419 g/mol. The van der Waals surface area contributed by atoms with Gasteiger partial charge in [0.1, 0.15) is 6.54 Å². The largest absolute Gasteiger partial charge is 0.406 e. The maximum Gasteiger partial charge on any atom is 0.406 e. The van der Waals surface area contributed by atoms with Crippen LogP contribution in [0.3, 0.4) is 0 Å². The van der Waals surface area contributed by atoms with E-state index in [1.807, 2.05) is 0 Å². The summed E-state index contributed by atoms with van der Waals surface area (Å²) < 4.78 is 67.2. The molecule has 1 aromatic carbocycles. The summed E-state index contributed by atoms with van der Waals surface area (Å²) in [4.78, 5) is 13.6. The third kappa shape index (κ3) is 5.15. The van der Waals surface area contributed by atoms with Gasteiger partial charge in [0.25, 0.3) is 11.8 Å². The fraction of sp³-hybridized carbons (Fsp3) is 0.571. The summed E-state index contributed by atoms with van der Waals surface area (Å²) in [6.07, 6.45) is -1.12. The molecular weight excluding hydrogens is 393 g/mol. The Bertz CT molecular complexity index is 733. The molecule has 0 heterocycles. The molecule has 0 radical (unpaired) electrons. The first kappa shape index (κ1) is 23.3. The smallest absolute Gasteiger partial charge is 0.375 e. The number of nitrogens with zero attached hydrogens (tertiary/aromatic N) is 1. The standard InChI is InChI=1S/C21H26F5NO2/c1-14(2)21(29,19(3,22)23)16-11-9-15(10-12-16)18(28)27(13-20(24,25)26)17-7-5-4-6-8-17/h9-12,17,29H,1,4-8,13H2,2-3H3. The van der Waals surface area contributed by atoms with Crippen molar-refractivity contribution in [3.63, 3.8) is 0 Å². The summed E-state index contributed by atoms with van der Waals surface area (Å²) in [5, 5.41) is 10.5. The van der Waals surface area contributed by atoms with Gasteiger partial charge in [-0.2, -0.15) is 13.2 Å². The Balaban J connectivity index is 2.34. The second-order valence-electron chi connectivity index (χ2n) is 7.80. The van der Waals surface area contributed by atoms with Gasteiger partial charge in [-0.1, -0.05) is 38.0 Å². The van der Waals surface area contributed by atoms with E-state index in [9.17, 15) is 31.9 Å². The highest BCUT2D eigenvalue weighted by Crippen LogP contribution is 2.42. The van der Waals surface area contributed by atoms with Crippen molar-refractivity contribution in [2.24, 2.45) is 0 Å². The summed E-state index contributed by atoms with van der Waals surface area (Å²) in [5.74, 6) is -4.35. The Morgan fingerprint density at radius 2 is 1.62 bits per heavy atom. The van der Waals surface area contributed by atoms with Crippen molar-refractivity contribution < 1.29 is 31.9 Å². The average Bonchev–Trinajstić information content (AvgIpc) is 2.64. The Morgan fingerprint density at radius 3 is 2.03 bits per heavy atom. The molecule has 2 rings (SSSR count). The molecule has 1 atom stereocenters. The predicted octanol–water partition coefficient (Wildman–Crippen LogP) is 5.44. The lowest BCUT2D eigenvalue weighted by molar-refractivity contribution is -0.153. The summed E-state index contributed by atoms with van der Waals surface area (Å²) >= 11 is 0. The second kappa shape index (κ2) is 8.42. The van der Waals surface area contributed by atoms with Gasteiger partial charge in [-0.25, -0.2) is 8.78 Å². The van der Waals surface area contributed by atoms with E-state index >= 15 is 0 Å². The lowest BCUT2D eigenvalue weighted by Crippen LogP contribution is -2.46. The van der Waals surface area contributed by atoms with E-state index in [-0.39, 0.29) is 16.7 Å². The SMILES string of the molecule is C=C(C)C(O)(c1ccc(C(=O)N(CC(F)(F)F)C2CCCCC2)cc1)C(C)(F)F. The van der Waals surface area contributed by atoms with Gasteiger partial charge in [0, 0.05) is 18.5 Å². The number of alkyl halides is 5. The van der Waals surface area contributed by atoms with Crippen LogP contribution < -0.4 is 0 Å². The van der Waals surface area contributed by atoms with E-state index in [1.165, 1.54) is 19.1 Å². The molecule has 1 unspecified atom stereocenters. The fourth-order valence-electron chi connectivity index (χ4n) is 3.85. The maximum atomic E-state index is 14.0. The van der Waals surface area contributed by atoms with Gasteiger partial charge in [-0.3, -0.25) is 4.79 Å². The molecule has 0 spiro atoms. The minimum absolute atomic E-state index is 0.0490. The highest BCUT2D eigenvalue weighted by Gasteiger charge is 2.50. The molecule has 1 aliphatic carbocycles. The van der Waals surface area contributed by atoms with E-state index in [1.54, 1.807) is 0 Å². The Morgan fingerprint density at radius 1 is 1.10 bits per heavy atom. The molecule has 1 fully saturated rings. The van der Waals surface area contributed by atoms with Crippen LogP contribution in [-0.4, -0.2) is 40.6 Å². The van der Waals surface area contributed by atoms with Crippen LogP contribution in [0.2, 0.25) is 0 Å². The van der Waals surface area contributed by atoms with Crippen LogP contribution in [-0.2, 0) is 5.60 Å². The highest BCUT2D eigenvalue weighted by molar-refractivity contribution is 5.94. The number of carbonyl (C=O) groups excluding carboxylic acids is 1. The Hall–Kier alpha value is -1.96. The number of aliphatic hydroxyl groups is 1. The lowest BCUT2D eigenvalue weighted by Gasteiger charge is -2.36. The van der Waals surface area contributed by atoms with Gasteiger partial charge in [-0.05, 0) is 43.0 Å². The van der Waals surface area contributed by atoms with Crippen LogP contribution in [0, 0.1) is 0 Å². The molecule has 1 N–H and O–H groups in total. The molecule has 0 saturated heterocycles. The van der Waals surface area contributed by atoms with Crippen LogP contribution in [0.5, 0.6) is 0 Å². The van der Waals surface area contributed by atoms with Crippen molar-refractivity contribution in [2.75, 3.05) is 6.54 Å². The number of carbonyl (C=O) groups is 1. The minimum Gasteiger partial charge on any atom is -0.375 e. The molecule has 1 amide bonds. The van der Waals surface area contributed by atoms with E-state index in [0.29, 0.717) is 19.8 Å². The monoisotopic (exact) mass is 419 g/mol. The molecule has 1 aromatic rings. The van der Waals surface area contributed by atoms with E-state index in [2.05, 4.69) is 6.58 Å². The Labute approximate surface area is 167 Å². The number of amides is 1. The molecule has 162 valence electrons. The second-order valence-corrected chi connectivity index (χ2v) is 7.80. The van der Waals surface area contributed by atoms with Gasteiger partial charge < -0.3 is 10.0 Å².